The summed E-state index contributed by atoms with van der Waals surface area (Å²) in [6, 6.07) is 9.09. The molecule has 1 N–H and O–H groups in total. The second-order valence-corrected chi connectivity index (χ2v) is 12.9. The number of hydrogen-bond donors (Lipinski definition) is 1. The van der Waals surface area contributed by atoms with E-state index in [0.29, 0.717) is 17.9 Å². The molecule has 2 fully saturated rings. The summed E-state index contributed by atoms with van der Waals surface area (Å²) in [5.74, 6) is 1.84. The van der Waals surface area contributed by atoms with Crippen molar-refractivity contribution in [2.75, 3.05) is 6.54 Å². The van der Waals surface area contributed by atoms with Crippen molar-refractivity contribution in [1.29, 1.82) is 0 Å². The summed E-state index contributed by atoms with van der Waals surface area (Å²) in [5.41, 5.74) is 11.0. The predicted molar refractivity (Wildman–Crippen MR) is 171 cm³/mol. The van der Waals surface area contributed by atoms with Crippen LogP contribution in [0, 0.1) is 26.7 Å². The maximum absolute atomic E-state index is 5.90. The van der Waals surface area contributed by atoms with E-state index in [1.165, 1.54) is 68.7 Å². The number of aromatic nitrogens is 4. The number of aromatic amines is 1. The van der Waals surface area contributed by atoms with Gasteiger partial charge in [-0.3, -0.25) is 4.90 Å². The Morgan fingerprint density at radius 3 is 2.50 bits per heavy atom. The molecule has 7 heteroatoms. The van der Waals surface area contributed by atoms with Gasteiger partial charge >= 0.3 is 0 Å². The minimum atomic E-state index is 0. The van der Waals surface area contributed by atoms with E-state index in [2.05, 4.69) is 72.9 Å². The molecule has 1 saturated heterocycles. The number of nitrogens with one attached hydrogen (secondary N) is 1. The first-order chi connectivity index (χ1) is 19.3. The van der Waals surface area contributed by atoms with Gasteiger partial charge in [0.2, 0.25) is 0 Å². The van der Waals surface area contributed by atoms with Crippen LogP contribution in [0.5, 0.6) is 0 Å². The lowest BCUT2D eigenvalue weighted by molar-refractivity contribution is 0.192. The average Bonchev–Trinajstić information content (AvgIpc) is 3.76. The Kier molecular flexibility index (Phi) is 7.16. The maximum Gasteiger partial charge on any atom is 0.158 e. The Hall–Kier alpha value is -2.90. The van der Waals surface area contributed by atoms with E-state index in [1.54, 1.807) is 11.2 Å². The van der Waals surface area contributed by atoms with E-state index in [-0.39, 0.29) is 1.43 Å². The summed E-state index contributed by atoms with van der Waals surface area (Å²) in [6.45, 7) is 17.6. The lowest BCUT2D eigenvalue weighted by Crippen LogP contribution is -2.34. The third-order valence-corrected chi connectivity index (χ3v) is 10.6. The number of aryl methyl sites for hydroxylation is 2. The van der Waals surface area contributed by atoms with Crippen LogP contribution in [0.4, 0.5) is 0 Å². The number of nitrogens with zero attached hydrogens (tertiary/aromatic N) is 4. The highest BCUT2D eigenvalue weighted by molar-refractivity contribution is 7.19. The van der Waals surface area contributed by atoms with Gasteiger partial charge in [-0.25, -0.2) is 9.50 Å². The Morgan fingerprint density at radius 2 is 1.82 bits per heavy atom. The maximum atomic E-state index is 5.90. The number of thiophene rings is 1. The summed E-state index contributed by atoms with van der Waals surface area (Å²) >= 11 is 2.01. The molecule has 5 nitrogen and oxygen atoms in total. The first kappa shape index (κ1) is 27.3. The van der Waals surface area contributed by atoms with Crippen LogP contribution in [0.1, 0.15) is 86.5 Å². The molecule has 5 aromatic rings. The Labute approximate surface area is 244 Å². The monoisotopic (exact) mass is 551 g/mol. The van der Waals surface area contributed by atoms with Gasteiger partial charge in [0.25, 0.3) is 0 Å². The fourth-order valence-corrected chi connectivity index (χ4v) is 8.70. The van der Waals surface area contributed by atoms with E-state index in [4.69, 9.17) is 7.85 Å². The van der Waals surface area contributed by atoms with Crippen LogP contribution in [-0.4, -0.2) is 44.9 Å². The van der Waals surface area contributed by atoms with E-state index < -0.39 is 0 Å². The number of fused-ring (bicyclic) bond motifs is 4. The molecule has 4 aromatic heterocycles. The topological polar surface area (TPSA) is 49.2 Å². The molecule has 2 aliphatic rings. The van der Waals surface area contributed by atoms with Crippen molar-refractivity contribution in [3.8, 4) is 11.3 Å². The summed E-state index contributed by atoms with van der Waals surface area (Å²) in [5, 5.41) is 5.90. The van der Waals surface area contributed by atoms with Crippen LogP contribution in [0.2, 0.25) is 0 Å². The number of benzene rings is 1. The molecule has 1 aliphatic heterocycles. The summed E-state index contributed by atoms with van der Waals surface area (Å²) in [6.07, 6.45) is 6.39. The zero-order valence-corrected chi connectivity index (χ0v) is 25.7. The molecule has 1 saturated carbocycles. The number of likely N-dealkylation sites (tertiary alicyclic amines) is 1. The molecule has 0 amide bonds. The van der Waals surface area contributed by atoms with Crippen LogP contribution in [0.15, 0.2) is 36.8 Å². The van der Waals surface area contributed by atoms with Crippen molar-refractivity contribution in [1.82, 2.24) is 24.5 Å². The smallest absolute Gasteiger partial charge is 0.158 e. The number of rotatable bonds is 5. The van der Waals surface area contributed by atoms with Crippen LogP contribution in [0.3, 0.4) is 0 Å². The Morgan fingerprint density at radius 1 is 1.07 bits per heavy atom. The fraction of sp³-hybridized carbons (Fsp3) is 0.455. The van der Waals surface area contributed by atoms with Gasteiger partial charge in [0, 0.05) is 42.6 Å². The molecule has 5 heterocycles. The third kappa shape index (κ3) is 4.33. The van der Waals surface area contributed by atoms with Crippen LogP contribution in [-0.2, 0) is 6.54 Å². The van der Waals surface area contributed by atoms with Crippen molar-refractivity contribution in [3.63, 3.8) is 0 Å². The van der Waals surface area contributed by atoms with Crippen molar-refractivity contribution >= 4 is 40.5 Å². The first-order valence-electron chi connectivity index (χ1n) is 14.8. The number of hydrogen-bond acceptors (Lipinski definition) is 4. The van der Waals surface area contributed by atoms with Gasteiger partial charge in [0.05, 0.1) is 5.69 Å². The second kappa shape index (κ2) is 10.5. The second-order valence-electron chi connectivity index (χ2n) is 11.8. The zero-order valence-electron chi connectivity index (χ0n) is 24.9. The van der Waals surface area contributed by atoms with Crippen molar-refractivity contribution in [2.24, 2.45) is 5.92 Å². The van der Waals surface area contributed by atoms with Crippen LogP contribution >= 0.6 is 11.3 Å². The van der Waals surface area contributed by atoms with Crippen molar-refractivity contribution < 1.29 is 1.43 Å². The van der Waals surface area contributed by atoms with Gasteiger partial charge in [0.15, 0.2) is 5.65 Å². The minimum absolute atomic E-state index is 0. The first-order valence-corrected chi connectivity index (χ1v) is 15.6. The molecular formula is C33H42BN5S. The van der Waals surface area contributed by atoms with Gasteiger partial charge in [0.1, 0.15) is 19.0 Å². The SMILES string of the molecule is CC.[B]c1ccc(CN2CC3C[C@H]2C[C@H]3c2sc3[nH]c(-c4cn5ncnc5c(C)c4C)c(C(C)C)c3c2C)cc1.[HH]. The standard InChI is InChI=1S/C31H34BN5S.C2H6.H2/c1-16(2)26-27-19(5)29(24-11-23-10-21(24)13-36(23)12-20-6-8-22(32)9-7-20)38-31(27)35-28(26)25-14-37-30(33-15-34-37)18(4)17(25)3;1-2;/h6-9,14-16,21,23-24,35H,10-13H2,1-5H3;1-2H3;1H/t21?,23-,24+;;/m0../s1. The van der Waals surface area contributed by atoms with Crippen molar-refractivity contribution in [2.45, 2.75) is 85.7 Å². The molecular weight excluding hydrogens is 509 g/mol. The molecule has 7 rings (SSSR count). The lowest BCUT2D eigenvalue weighted by Gasteiger charge is -2.31. The molecule has 0 spiro atoms. The average molecular weight is 552 g/mol. The molecule has 1 aliphatic carbocycles. The van der Waals surface area contributed by atoms with E-state index in [0.717, 1.165) is 23.6 Å². The minimum Gasteiger partial charge on any atom is -0.346 e. The molecule has 2 radical (unpaired) electrons. The van der Waals surface area contributed by atoms with Gasteiger partial charge in [-0.05, 0) is 79.2 Å². The van der Waals surface area contributed by atoms with E-state index in [9.17, 15) is 0 Å². The highest BCUT2D eigenvalue weighted by Crippen LogP contribution is 2.53. The molecule has 2 bridgehead atoms. The molecule has 40 heavy (non-hydrogen) atoms. The number of pyridine rings is 1. The molecule has 208 valence electrons. The lowest BCUT2D eigenvalue weighted by atomic mass is 9.88. The predicted octanol–water partition coefficient (Wildman–Crippen LogP) is 7.43. The van der Waals surface area contributed by atoms with Gasteiger partial charge < -0.3 is 4.98 Å². The fourth-order valence-electron chi connectivity index (χ4n) is 7.26. The highest BCUT2D eigenvalue weighted by Gasteiger charge is 2.46. The normalized spacial score (nSPS) is 20.6. The largest absolute Gasteiger partial charge is 0.346 e. The highest BCUT2D eigenvalue weighted by atomic mass is 32.1. The molecule has 1 aromatic carbocycles. The van der Waals surface area contributed by atoms with E-state index in [1.807, 2.05) is 41.8 Å². The summed E-state index contributed by atoms with van der Waals surface area (Å²) in [4.78, 5) is 14.0. The summed E-state index contributed by atoms with van der Waals surface area (Å²) in [7, 11) is 5.90. The van der Waals surface area contributed by atoms with Gasteiger partial charge in [-0.1, -0.05) is 57.4 Å². The number of H-pyrrole nitrogens is 1. The van der Waals surface area contributed by atoms with Crippen LogP contribution < -0.4 is 5.46 Å². The van der Waals surface area contributed by atoms with E-state index >= 15 is 0 Å². The molecule has 1 unspecified atom stereocenters. The van der Waals surface area contributed by atoms with Crippen LogP contribution in [0.25, 0.3) is 27.1 Å². The summed E-state index contributed by atoms with van der Waals surface area (Å²) < 4.78 is 1.92. The Bertz CT molecular complexity index is 1680. The zero-order chi connectivity index (χ0) is 28.3. The quantitative estimate of drug-likeness (QED) is 0.231. The van der Waals surface area contributed by atoms with Gasteiger partial charge in [-0.15, -0.1) is 11.3 Å². The van der Waals surface area contributed by atoms with Gasteiger partial charge in [-0.2, -0.15) is 5.10 Å². The Balaban J connectivity index is 0.00000110. The molecule has 3 atom stereocenters. The van der Waals surface area contributed by atoms with Crippen molar-refractivity contribution in [3.05, 3.63) is 69.5 Å². The third-order valence-electron chi connectivity index (χ3n) is 9.29. The number of piperidine rings is 1.